The van der Waals surface area contributed by atoms with E-state index in [9.17, 15) is 10.1 Å². The number of anilines is 1. The highest BCUT2D eigenvalue weighted by Crippen LogP contribution is 2.38. The topological polar surface area (TPSA) is 96.7 Å². The van der Waals surface area contributed by atoms with Gasteiger partial charge in [-0.3, -0.25) is 4.79 Å². The van der Waals surface area contributed by atoms with Crippen LogP contribution in [0.2, 0.25) is 0 Å². The van der Waals surface area contributed by atoms with Crippen molar-refractivity contribution in [3.63, 3.8) is 0 Å². The molecule has 0 spiro atoms. The number of morpholine rings is 1. The highest BCUT2D eigenvalue weighted by Gasteiger charge is 2.33. The zero-order valence-electron chi connectivity index (χ0n) is 18.2. The Labute approximate surface area is 187 Å². The van der Waals surface area contributed by atoms with Crippen LogP contribution in [0.25, 0.3) is 0 Å². The van der Waals surface area contributed by atoms with E-state index in [2.05, 4.69) is 16.3 Å². The summed E-state index contributed by atoms with van der Waals surface area (Å²) in [7, 11) is 0. The Morgan fingerprint density at radius 3 is 2.84 bits per heavy atom. The lowest BCUT2D eigenvalue weighted by molar-refractivity contribution is -0.119. The molecule has 1 aromatic heterocycles. The second kappa shape index (κ2) is 9.74. The number of nitrogens with one attached hydrogen (secondary N) is 1. The summed E-state index contributed by atoms with van der Waals surface area (Å²) in [6, 6.07) is 2.36. The van der Waals surface area contributed by atoms with Gasteiger partial charge < -0.3 is 24.4 Å². The summed E-state index contributed by atoms with van der Waals surface area (Å²) in [5, 5.41) is 13.5. The molecule has 3 aliphatic heterocycles. The summed E-state index contributed by atoms with van der Waals surface area (Å²) in [5.74, 6) is 1.01. The lowest BCUT2D eigenvalue weighted by atomic mass is 9.89. The van der Waals surface area contributed by atoms with E-state index in [4.69, 9.17) is 19.2 Å². The van der Waals surface area contributed by atoms with Crippen LogP contribution in [-0.4, -0.2) is 67.8 Å². The predicted molar refractivity (Wildman–Crippen MR) is 117 cm³/mol. The van der Waals surface area contributed by atoms with Crippen LogP contribution in [0.15, 0.2) is 5.03 Å². The summed E-state index contributed by atoms with van der Waals surface area (Å²) >= 11 is 1.33. The number of carbonyl (C=O) groups is 1. The number of hydrogen-bond donors (Lipinski definition) is 1. The summed E-state index contributed by atoms with van der Waals surface area (Å²) in [4.78, 5) is 19.5. The molecular formula is C22H30N4O4S. The number of pyridine rings is 1. The Bertz CT molecular complexity index is 858. The van der Waals surface area contributed by atoms with E-state index in [-0.39, 0.29) is 23.4 Å². The molecule has 1 atom stereocenters. The standard InChI is InChI=1S/C22H30N4O4S/c1-22(2)10-16-17(11-23)21(31-14-19(27)24-12-15-4-3-7-29-15)25-20(18(16)13-30-22)26-5-8-28-9-6-26/h15H,3-10,12-14H2,1-2H3,(H,24,27). The minimum Gasteiger partial charge on any atom is -0.378 e. The number of ether oxygens (including phenoxy) is 3. The zero-order valence-corrected chi connectivity index (χ0v) is 19.1. The maximum absolute atomic E-state index is 12.4. The first-order chi connectivity index (χ1) is 15.0. The Morgan fingerprint density at radius 2 is 2.13 bits per heavy atom. The monoisotopic (exact) mass is 446 g/mol. The number of nitrogens with zero attached hydrogens (tertiary/aromatic N) is 3. The Balaban J connectivity index is 1.55. The Kier molecular flexibility index (Phi) is 7.02. The molecule has 0 saturated carbocycles. The van der Waals surface area contributed by atoms with Gasteiger partial charge in [-0.1, -0.05) is 11.8 Å². The molecule has 1 unspecified atom stereocenters. The maximum Gasteiger partial charge on any atom is 0.230 e. The quantitative estimate of drug-likeness (QED) is 0.663. The molecule has 1 N–H and O–H groups in total. The average molecular weight is 447 g/mol. The van der Waals surface area contributed by atoms with Crippen molar-refractivity contribution < 1.29 is 19.0 Å². The Morgan fingerprint density at radius 1 is 1.32 bits per heavy atom. The first kappa shape index (κ1) is 22.3. The van der Waals surface area contributed by atoms with Gasteiger partial charge in [-0.2, -0.15) is 5.26 Å². The minimum absolute atomic E-state index is 0.0690. The molecule has 0 radical (unpaired) electrons. The zero-order chi connectivity index (χ0) is 21.8. The molecule has 3 aliphatic rings. The molecule has 0 aromatic carbocycles. The van der Waals surface area contributed by atoms with Crippen molar-refractivity contribution in [3.05, 3.63) is 16.7 Å². The second-order valence-electron chi connectivity index (χ2n) is 8.74. The Hall–Kier alpha value is -1.86. The van der Waals surface area contributed by atoms with Crippen molar-refractivity contribution in [3.8, 4) is 6.07 Å². The van der Waals surface area contributed by atoms with E-state index in [1.807, 2.05) is 13.8 Å². The van der Waals surface area contributed by atoms with E-state index in [1.165, 1.54) is 11.8 Å². The average Bonchev–Trinajstić information content (AvgIpc) is 3.29. The minimum atomic E-state index is -0.344. The largest absolute Gasteiger partial charge is 0.378 e. The summed E-state index contributed by atoms with van der Waals surface area (Å²) in [6.07, 6.45) is 2.79. The molecule has 0 bridgehead atoms. The predicted octanol–water partition coefficient (Wildman–Crippen LogP) is 2.03. The van der Waals surface area contributed by atoms with Gasteiger partial charge in [-0.25, -0.2) is 4.98 Å². The number of thioether (sulfide) groups is 1. The van der Waals surface area contributed by atoms with Gasteiger partial charge in [0.05, 0.1) is 42.8 Å². The lowest BCUT2D eigenvalue weighted by Crippen LogP contribution is -2.40. The van der Waals surface area contributed by atoms with Crippen LogP contribution in [0.5, 0.6) is 0 Å². The van der Waals surface area contributed by atoms with E-state index in [0.717, 1.165) is 49.5 Å². The third-order valence-corrected chi connectivity index (χ3v) is 6.86. The first-order valence-electron chi connectivity index (χ1n) is 10.9. The molecule has 4 heterocycles. The SMILES string of the molecule is CC1(C)Cc2c(C#N)c(SCC(=O)NCC3CCCO3)nc(N3CCOCC3)c2CO1. The van der Waals surface area contributed by atoms with E-state index in [1.54, 1.807) is 0 Å². The van der Waals surface area contributed by atoms with Crippen molar-refractivity contribution in [2.75, 3.05) is 50.1 Å². The van der Waals surface area contributed by atoms with Crippen LogP contribution >= 0.6 is 11.8 Å². The van der Waals surface area contributed by atoms with Gasteiger partial charge in [-0.15, -0.1) is 0 Å². The fraction of sp³-hybridized carbons (Fsp3) is 0.682. The third kappa shape index (κ3) is 5.32. The molecular weight excluding hydrogens is 416 g/mol. The van der Waals surface area contributed by atoms with Gasteiger partial charge >= 0.3 is 0 Å². The normalized spacial score (nSPS) is 22.6. The van der Waals surface area contributed by atoms with E-state index in [0.29, 0.717) is 43.4 Å². The highest BCUT2D eigenvalue weighted by molar-refractivity contribution is 8.00. The van der Waals surface area contributed by atoms with Gasteiger partial charge in [0.15, 0.2) is 0 Å². The molecule has 1 aromatic rings. The smallest absolute Gasteiger partial charge is 0.230 e. The number of carbonyl (C=O) groups excluding carboxylic acids is 1. The van der Waals surface area contributed by atoms with Gasteiger partial charge in [0.1, 0.15) is 16.9 Å². The highest BCUT2D eigenvalue weighted by atomic mass is 32.2. The van der Waals surface area contributed by atoms with Gasteiger partial charge in [0.2, 0.25) is 5.91 Å². The van der Waals surface area contributed by atoms with Crippen LogP contribution in [0, 0.1) is 11.3 Å². The van der Waals surface area contributed by atoms with Gasteiger partial charge in [0.25, 0.3) is 0 Å². The molecule has 2 fully saturated rings. The van der Waals surface area contributed by atoms with Crippen LogP contribution in [-0.2, 0) is 32.0 Å². The van der Waals surface area contributed by atoms with Gasteiger partial charge in [-0.05, 0) is 32.3 Å². The first-order valence-corrected chi connectivity index (χ1v) is 11.9. The molecule has 168 valence electrons. The summed E-state index contributed by atoms with van der Waals surface area (Å²) in [6.45, 7) is 8.62. The van der Waals surface area contributed by atoms with Gasteiger partial charge in [0, 0.05) is 38.2 Å². The van der Waals surface area contributed by atoms with Crippen molar-refractivity contribution in [2.45, 2.75) is 56.4 Å². The number of amides is 1. The lowest BCUT2D eigenvalue weighted by Gasteiger charge is -2.36. The molecule has 1 amide bonds. The second-order valence-corrected chi connectivity index (χ2v) is 9.70. The maximum atomic E-state index is 12.4. The van der Waals surface area contributed by atoms with Crippen LogP contribution < -0.4 is 10.2 Å². The number of rotatable bonds is 6. The molecule has 4 rings (SSSR count). The third-order valence-electron chi connectivity index (χ3n) is 5.88. The number of hydrogen-bond acceptors (Lipinski definition) is 8. The van der Waals surface area contributed by atoms with Crippen LogP contribution in [0.1, 0.15) is 43.4 Å². The molecule has 2 saturated heterocycles. The molecule has 0 aliphatic carbocycles. The molecule has 9 heteroatoms. The number of nitriles is 1. The van der Waals surface area contributed by atoms with Crippen LogP contribution in [0.4, 0.5) is 5.82 Å². The van der Waals surface area contributed by atoms with Crippen LogP contribution in [0.3, 0.4) is 0 Å². The van der Waals surface area contributed by atoms with E-state index >= 15 is 0 Å². The van der Waals surface area contributed by atoms with Crippen molar-refractivity contribution >= 4 is 23.5 Å². The van der Waals surface area contributed by atoms with Crippen molar-refractivity contribution in [1.82, 2.24) is 10.3 Å². The fourth-order valence-electron chi connectivity index (χ4n) is 4.20. The molecule has 31 heavy (non-hydrogen) atoms. The number of aromatic nitrogens is 1. The van der Waals surface area contributed by atoms with E-state index < -0.39 is 0 Å². The number of fused-ring (bicyclic) bond motifs is 1. The fourth-order valence-corrected chi connectivity index (χ4v) is 5.03. The summed E-state index contributed by atoms with van der Waals surface area (Å²) < 4.78 is 17.1. The molecule has 8 nitrogen and oxygen atoms in total. The van der Waals surface area contributed by atoms with Crippen molar-refractivity contribution in [2.24, 2.45) is 0 Å². The van der Waals surface area contributed by atoms with Crippen molar-refractivity contribution in [1.29, 1.82) is 5.26 Å². The summed E-state index contributed by atoms with van der Waals surface area (Å²) in [5.41, 5.74) is 2.21.